The zero-order valence-electron chi connectivity index (χ0n) is 16.8. The second kappa shape index (κ2) is 8.19. The van der Waals surface area contributed by atoms with Crippen molar-refractivity contribution in [2.24, 2.45) is 0 Å². The van der Waals surface area contributed by atoms with Crippen molar-refractivity contribution in [2.45, 2.75) is 20.3 Å². The summed E-state index contributed by atoms with van der Waals surface area (Å²) < 4.78 is 42.5. The quantitative estimate of drug-likeness (QED) is 0.325. The predicted molar refractivity (Wildman–Crippen MR) is 117 cm³/mol. The average Bonchev–Trinajstić information content (AvgIpc) is 2.77. The largest absolute Gasteiger partial charge is 0.207 e. The molecule has 4 rings (SSSR count). The molecule has 4 aromatic rings. The first-order valence-electron chi connectivity index (χ1n) is 9.91. The van der Waals surface area contributed by atoms with Crippen molar-refractivity contribution in [1.82, 2.24) is 0 Å². The lowest BCUT2D eigenvalue weighted by Crippen LogP contribution is -1.93. The van der Waals surface area contributed by atoms with E-state index in [1.807, 2.05) is 24.3 Å². The number of hydrogen-bond acceptors (Lipinski definition) is 0. The maximum Gasteiger partial charge on any atom is 0.131 e. The monoisotopic (exact) mass is 402 g/mol. The minimum absolute atomic E-state index is 0.0693. The van der Waals surface area contributed by atoms with Crippen LogP contribution in [0.25, 0.3) is 33.4 Å². The van der Waals surface area contributed by atoms with Crippen LogP contribution in [0.4, 0.5) is 13.2 Å². The number of rotatable bonds is 4. The van der Waals surface area contributed by atoms with Crippen molar-refractivity contribution in [1.29, 1.82) is 0 Å². The van der Waals surface area contributed by atoms with E-state index in [-0.39, 0.29) is 16.7 Å². The summed E-state index contributed by atoms with van der Waals surface area (Å²) in [6, 6.07) is 23.4. The van der Waals surface area contributed by atoms with Crippen LogP contribution >= 0.6 is 0 Å². The molecule has 0 fully saturated rings. The van der Waals surface area contributed by atoms with E-state index in [4.69, 9.17) is 0 Å². The normalized spacial score (nSPS) is 11.0. The molecule has 0 heterocycles. The van der Waals surface area contributed by atoms with Crippen molar-refractivity contribution < 1.29 is 13.2 Å². The topological polar surface area (TPSA) is 0 Å². The Morgan fingerprint density at radius 3 is 1.47 bits per heavy atom. The fraction of sp³-hybridized carbons (Fsp3) is 0.111. The van der Waals surface area contributed by atoms with Crippen LogP contribution in [0.3, 0.4) is 0 Å². The fourth-order valence-electron chi connectivity index (χ4n) is 3.52. The van der Waals surface area contributed by atoms with Crippen LogP contribution in [0, 0.1) is 24.4 Å². The minimum Gasteiger partial charge on any atom is -0.207 e. The summed E-state index contributed by atoms with van der Waals surface area (Å²) >= 11 is 0. The molecule has 0 bridgehead atoms. The molecule has 30 heavy (non-hydrogen) atoms. The third-order valence-corrected chi connectivity index (χ3v) is 5.47. The van der Waals surface area contributed by atoms with Gasteiger partial charge in [0.15, 0.2) is 0 Å². The maximum absolute atomic E-state index is 14.8. The summed E-state index contributed by atoms with van der Waals surface area (Å²) in [5, 5.41) is 0. The molecule has 3 heteroatoms. The van der Waals surface area contributed by atoms with Crippen LogP contribution in [0.5, 0.6) is 0 Å². The second-order valence-electron chi connectivity index (χ2n) is 7.39. The van der Waals surface area contributed by atoms with Gasteiger partial charge in [0, 0.05) is 11.1 Å². The highest BCUT2D eigenvalue weighted by Crippen LogP contribution is 2.31. The second-order valence-corrected chi connectivity index (χ2v) is 7.39. The van der Waals surface area contributed by atoms with E-state index in [9.17, 15) is 13.2 Å². The average molecular weight is 402 g/mol. The molecule has 0 atom stereocenters. The van der Waals surface area contributed by atoms with Crippen LogP contribution in [0.1, 0.15) is 18.1 Å². The molecule has 0 saturated heterocycles. The van der Waals surface area contributed by atoms with Crippen LogP contribution < -0.4 is 0 Å². The number of hydrogen-bond donors (Lipinski definition) is 0. The van der Waals surface area contributed by atoms with Crippen molar-refractivity contribution in [3.63, 3.8) is 0 Å². The highest BCUT2D eigenvalue weighted by molar-refractivity contribution is 5.74. The summed E-state index contributed by atoms with van der Waals surface area (Å²) in [4.78, 5) is 0. The SMILES string of the molecule is CCc1ccc(-c2ccc(-c3ccc(-c4cc(F)c(C)c(F)c4)c(F)c3)cc2)cc1. The first kappa shape index (κ1) is 20.0. The number of aryl methyl sites for hydroxylation is 1. The van der Waals surface area contributed by atoms with E-state index in [1.165, 1.54) is 18.6 Å². The van der Waals surface area contributed by atoms with Gasteiger partial charge in [-0.15, -0.1) is 0 Å². The van der Waals surface area contributed by atoms with Gasteiger partial charge in [0.05, 0.1) is 0 Å². The van der Waals surface area contributed by atoms with Gasteiger partial charge in [-0.3, -0.25) is 0 Å². The molecule has 0 unspecified atom stereocenters. The zero-order valence-corrected chi connectivity index (χ0v) is 16.8. The van der Waals surface area contributed by atoms with E-state index in [1.54, 1.807) is 12.1 Å². The standard InChI is InChI=1S/C27H21F3/c1-3-18-4-6-19(7-5-18)20-8-10-21(11-9-20)22-12-13-24(27(30)14-22)23-15-25(28)17(2)26(29)16-23/h4-16H,3H2,1-2H3. The summed E-state index contributed by atoms with van der Waals surface area (Å²) in [7, 11) is 0. The Morgan fingerprint density at radius 1 is 0.533 bits per heavy atom. The van der Waals surface area contributed by atoms with Gasteiger partial charge in [-0.1, -0.05) is 67.6 Å². The van der Waals surface area contributed by atoms with Crippen LogP contribution in [-0.4, -0.2) is 0 Å². The van der Waals surface area contributed by atoms with E-state index in [0.29, 0.717) is 5.56 Å². The lowest BCUT2D eigenvalue weighted by Gasteiger charge is -2.10. The van der Waals surface area contributed by atoms with Gasteiger partial charge >= 0.3 is 0 Å². The Morgan fingerprint density at radius 2 is 0.967 bits per heavy atom. The van der Waals surface area contributed by atoms with Gasteiger partial charge in [0.1, 0.15) is 17.5 Å². The van der Waals surface area contributed by atoms with Crippen molar-refractivity contribution in [2.75, 3.05) is 0 Å². The van der Waals surface area contributed by atoms with Crippen LogP contribution in [0.15, 0.2) is 78.9 Å². The molecule has 0 aliphatic carbocycles. The Bertz CT molecular complexity index is 1170. The highest BCUT2D eigenvalue weighted by atomic mass is 19.1. The third kappa shape index (κ3) is 3.88. The first-order valence-corrected chi connectivity index (χ1v) is 9.91. The molecule has 0 spiro atoms. The van der Waals surface area contributed by atoms with Gasteiger partial charge in [-0.25, -0.2) is 13.2 Å². The lowest BCUT2D eigenvalue weighted by molar-refractivity contribution is 0.568. The molecular formula is C27H21F3. The maximum atomic E-state index is 14.8. The fourth-order valence-corrected chi connectivity index (χ4v) is 3.52. The molecule has 4 aromatic carbocycles. The summed E-state index contributed by atoms with van der Waals surface area (Å²) in [5.74, 6) is -1.89. The van der Waals surface area contributed by atoms with Gasteiger partial charge in [-0.2, -0.15) is 0 Å². The Kier molecular flexibility index (Phi) is 5.45. The smallest absolute Gasteiger partial charge is 0.131 e. The van der Waals surface area contributed by atoms with Crippen molar-refractivity contribution >= 4 is 0 Å². The van der Waals surface area contributed by atoms with Gasteiger partial charge in [0.25, 0.3) is 0 Å². The molecule has 0 saturated carbocycles. The summed E-state index contributed by atoms with van der Waals surface area (Å²) in [5.41, 5.74) is 5.37. The molecule has 0 aliphatic heterocycles. The van der Waals surface area contributed by atoms with E-state index in [2.05, 4.69) is 31.2 Å². The predicted octanol–water partition coefficient (Wildman–Crippen LogP) is 7.98. The highest BCUT2D eigenvalue weighted by Gasteiger charge is 2.12. The molecule has 150 valence electrons. The van der Waals surface area contributed by atoms with Crippen LogP contribution in [0.2, 0.25) is 0 Å². The van der Waals surface area contributed by atoms with E-state index in [0.717, 1.165) is 35.2 Å². The lowest BCUT2D eigenvalue weighted by atomic mass is 9.96. The van der Waals surface area contributed by atoms with Crippen LogP contribution in [-0.2, 0) is 6.42 Å². The zero-order chi connectivity index (χ0) is 21.3. The molecule has 0 amide bonds. The van der Waals surface area contributed by atoms with Gasteiger partial charge < -0.3 is 0 Å². The molecule has 0 nitrogen and oxygen atoms in total. The minimum atomic E-state index is -0.684. The Balaban J connectivity index is 1.62. The third-order valence-electron chi connectivity index (χ3n) is 5.47. The molecule has 0 radical (unpaired) electrons. The summed E-state index contributed by atoms with van der Waals surface area (Å²) in [6.45, 7) is 3.48. The molecule has 0 aromatic heterocycles. The van der Waals surface area contributed by atoms with Gasteiger partial charge in [-0.05, 0) is 64.9 Å². The van der Waals surface area contributed by atoms with E-state index < -0.39 is 17.5 Å². The van der Waals surface area contributed by atoms with Crippen molar-refractivity contribution in [3.8, 4) is 33.4 Å². The molecule has 0 N–H and O–H groups in total. The number of benzene rings is 4. The molecule has 0 aliphatic rings. The Hall–Kier alpha value is -3.33. The first-order chi connectivity index (χ1) is 14.5. The Labute approximate surface area is 174 Å². The van der Waals surface area contributed by atoms with E-state index >= 15 is 0 Å². The van der Waals surface area contributed by atoms with Crippen molar-refractivity contribution in [3.05, 3.63) is 107 Å². The summed E-state index contributed by atoms with van der Waals surface area (Å²) in [6.07, 6.45) is 1.00. The molecular weight excluding hydrogens is 381 g/mol. The van der Waals surface area contributed by atoms with Gasteiger partial charge in [0.2, 0.25) is 0 Å². The number of halogens is 3.